The van der Waals surface area contributed by atoms with Gasteiger partial charge in [-0.25, -0.2) is 4.79 Å². The molecule has 4 amide bonds. The van der Waals surface area contributed by atoms with Crippen LogP contribution in [0, 0.1) is 0 Å². The Morgan fingerprint density at radius 2 is 1.70 bits per heavy atom. The van der Waals surface area contributed by atoms with Gasteiger partial charge in [-0.15, -0.1) is 5.06 Å². The van der Waals surface area contributed by atoms with Crippen LogP contribution in [-0.4, -0.2) is 66.4 Å². The summed E-state index contributed by atoms with van der Waals surface area (Å²) < 4.78 is 5.15. The average molecular weight is 525 g/mol. The minimum atomic E-state index is -0.970. The van der Waals surface area contributed by atoms with Crippen molar-refractivity contribution in [3.8, 4) is 0 Å². The van der Waals surface area contributed by atoms with Gasteiger partial charge in [0.05, 0.1) is 18.9 Å². The van der Waals surface area contributed by atoms with E-state index < -0.39 is 42.1 Å². The van der Waals surface area contributed by atoms with Gasteiger partial charge < -0.3 is 20.2 Å². The molecule has 1 heterocycles. The molecule has 1 unspecified atom stereocenters. The lowest BCUT2D eigenvalue weighted by Gasteiger charge is -2.19. The van der Waals surface area contributed by atoms with Crippen LogP contribution in [0.15, 0.2) is 5.11 Å². The number of carbonyl (C=O) groups excluding carboxylic acids is 6. The van der Waals surface area contributed by atoms with Crippen LogP contribution in [0.5, 0.6) is 0 Å². The van der Waals surface area contributed by atoms with Crippen LogP contribution in [0.4, 0.5) is 0 Å². The number of amides is 4. The molecule has 0 bridgehead atoms. The van der Waals surface area contributed by atoms with E-state index in [1.54, 1.807) is 0 Å². The molecule has 37 heavy (non-hydrogen) atoms. The van der Waals surface area contributed by atoms with Gasteiger partial charge in [-0.2, -0.15) is 0 Å². The largest absolute Gasteiger partial charge is 0.463 e. The van der Waals surface area contributed by atoms with Gasteiger partial charge in [0, 0.05) is 43.7 Å². The fraction of sp³-hybridized carbons (Fsp3) is 0.739. The summed E-state index contributed by atoms with van der Waals surface area (Å²) in [4.78, 5) is 79.4. The predicted molar refractivity (Wildman–Crippen MR) is 129 cm³/mol. The summed E-state index contributed by atoms with van der Waals surface area (Å²) in [5.41, 5.74) is 8.26. The monoisotopic (exact) mass is 524 g/mol. The Labute approximate surface area is 215 Å². The van der Waals surface area contributed by atoms with E-state index in [0.29, 0.717) is 37.4 Å². The van der Waals surface area contributed by atoms with E-state index in [0.717, 1.165) is 19.3 Å². The first-order chi connectivity index (χ1) is 17.8. The summed E-state index contributed by atoms with van der Waals surface area (Å²) in [5.74, 6) is -3.59. The minimum absolute atomic E-state index is 0.0565. The van der Waals surface area contributed by atoms with E-state index in [1.165, 1.54) is 0 Å². The summed E-state index contributed by atoms with van der Waals surface area (Å²) in [6, 6.07) is -0.970. The van der Waals surface area contributed by atoms with Crippen LogP contribution in [0.25, 0.3) is 10.4 Å². The highest BCUT2D eigenvalue weighted by Gasteiger charge is 2.33. The molecule has 1 aliphatic rings. The number of hydrogen-bond donors (Lipinski definition) is 2. The van der Waals surface area contributed by atoms with Gasteiger partial charge in [0.15, 0.2) is 0 Å². The van der Waals surface area contributed by atoms with E-state index in [9.17, 15) is 28.8 Å². The van der Waals surface area contributed by atoms with Crippen molar-refractivity contribution in [2.45, 2.75) is 90.0 Å². The fourth-order valence-corrected chi connectivity index (χ4v) is 3.31. The smallest absolute Gasteiger partial charge is 0.335 e. The van der Waals surface area contributed by atoms with Crippen molar-refractivity contribution in [1.29, 1.82) is 0 Å². The molecule has 1 rings (SSSR count). The highest BCUT2D eigenvalue weighted by Crippen LogP contribution is 2.13. The summed E-state index contributed by atoms with van der Waals surface area (Å²) in [6.45, 7) is 2.54. The number of ether oxygens (including phenoxy) is 1. The van der Waals surface area contributed by atoms with Crippen LogP contribution in [0.2, 0.25) is 0 Å². The van der Waals surface area contributed by atoms with Gasteiger partial charge in [-0.05, 0) is 24.8 Å². The molecular weight excluding hydrogens is 488 g/mol. The van der Waals surface area contributed by atoms with E-state index in [2.05, 4.69) is 20.7 Å². The maximum absolute atomic E-state index is 12.3. The lowest BCUT2D eigenvalue weighted by Crippen LogP contribution is -2.42. The van der Waals surface area contributed by atoms with Crippen molar-refractivity contribution in [3.05, 3.63) is 10.4 Å². The third kappa shape index (κ3) is 14.5. The predicted octanol–water partition coefficient (Wildman–Crippen LogP) is 1.97. The van der Waals surface area contributed by atoms with E-state index in [1.807, 2.05) is 6.92 Å². The van der Waals surface area contributed by atoms with Crippen molar-refractivity contribution in [2.24, 2.45) is 5.11 Å². The van der Waals surface area contributed by atoms with E-state index in [-0.39, 0.29) is 44.6 Å². The molecule has 0 spiro atoms. The van der Waals surface area contributed by atoms with Gasteiger partial charge in [0.1, 0.15) is 6.61 Å². The minimum Gasteiger partial charge on any atom is -0.463 e. The molecule has 2 N–H and O–H groups in total. The second kappa shape index (κ2) is 18.6. The number of unbranched alkanes of at least 4 members (excludes halogenated alkanes) is 4. The SMILES string of the molecule is CCCCCNC(=O)CCC(=O)OCC(CC(=O)ON1C(=O)CCC1=O)NC(=O)CCCCCN=[N+]=[N-]. The number of hydrogen-bond acceptors (Lipinski definition) is 9. The molecule has 14 nitrogen and oxygen atoms in total. The molecule has 0 aliphatic carbocycles. The Kier molecular flexibility index (Phi) is 15.7. The van der Waals surface area contributed by atoms with Gasteiger partial charge in [0.25, 0.3) is 11.8 Å². The topological polar surface area (TPSA) is 197 Å². The van der Waals surface area contributed by atoms with Gasteiger partial charge in [-0.1, -0.05) is 31.3 Å². The third-order valence-corrected chi connectivity index (χ3v) is 5.31. The summed E-state index contributed by atoms with van der Waals surface area (Å²) in [6.07, 6.45) is 3.96. The van der Waals surface area contributed by atoms with Gasteiger partial charge in [-0.3, -0.25) is 24.0 Å². The number of azide groups is 1. The maximum Gasteiger partial charge on any atom is 0.335 e. The molecule has 206 valence electrons. The Morgan fingerprint density at radius 3 is 2.38 bits per heavy atom. The molecule has 0 saturated carbocycles. The van der Waals surface area contributed by atoms with Crippen molar-refractivity contribution in [3.63, 3.8) is 0 Å². The molecule has 14 heteroatoms. The van der Waals surface area contributed by atoms with Crippen LogP contribution < -0.4 is 10.6 Å². The first kappa shape index (κ1) is 31.4. The lowest BCUT2D eigenvalue weighted by molar-refractivity contribution is -0.198. The summed E-state index contributed by atoms with van der Waals surface area (Å²) in [5, 5.41) is 9.12. The first-order valence-corrected chi connectivity index (χ1v) is 12.6. The van der Waals surface area contributed by atoms with Crippen molar-refractivity contribution >= 4 is 35.6 Å². The van der Waals surface area contributed by atoms with Crippen LogP contribution in [-0.2, 0) is 38.3 Å². The lowest BCUT2D eigenvalue weighted by atomic mass is 10.1. The molecule has 0 radical (unpaired) electrons. The molecule has 1 saturated heterocycles. The molecule has 0 aromatic carbocycles. The standard InChI is InChI=1S/C23H36N6O8/c1-2-3-6-13-25-18(30)9-12-22(34)36-16-17(27-19(31)8-5-4-7-14-26-28-24)15-23(35)37-29-20(32)10-11-21(29)33/h17H,2-16H2,1H3,(H,25,30)(H,27,31). The fourth-order valence-electron chi connectivity index (χ4n) is 3.31. The zero-order chi connectivity index (χ0) is 27.5. The highest BCUT2D eigenvalue weighted by atomic mass is 16.7. The second-order valence-corrected chi connectivity index (χ2v) is 8.52. The quantitative estimate of drug-likeness (QED) is 0.0638. The summed E-state index contributed by atoms with van der Waals surface area (Å²) in [7, 11) is 0. The van der Waals surface area contributed by atoms with Crippen LogP contribution in [0.3, 0.4) is 0 Å². The number of imide groups is 1. The van der Waals surface area contributed by atoms with Crippen molar-refractivity contribution in [1.82, 2.24) is 15.7 Å². The number of nitrogens with one attached hydrogen (secondary N) is 2. The Hall–Kier alpha value is -3.67. The third-order valence-electron chi connectivity index (χ3n) is 5.31. The first-order valence-electron chi connectivity index (χ1n) is 12.6. The normalized spacial score (nSPS) is 13.5. The van der Waals surface area contributed by atoms with Crippen LogP contribution >= 0.6 is 0 Å². The molecular formula is C23H36N6O8. The number of carbonyl (C=O) groups is 6. The highest BCUT2D eigenvalue weighted by molar-refractivity contribution is 6.01. The maximum atomic E-state index is 12.3. The zero-order valence-electron chi connectivity index (χ0n) is 21.2. The van der Waals surface area contributed by atoms with Gasteiger partial charge >= 0.3 is 11.9 Å². The van der Waals surface area contributed by atoms with Crippen LogP contribution in [0.1, 0.15) is 84.0 Å². The Bertz CT molecular complexity index is 842. The molecule has 0 aromatic heterocycles. The number of rotatable bonds is 19. The summed E-state index contributed by atoms with van der Waals surface area (Å²) >= 11 is 0. The molecule has 1 fully saturated rings. The Morgan fingerprint density at radius 1 is 0.973 bits per heavy atom. The number of hydroxylamine groups is 2. The van der Waals surface area contributed by atoms with Crippen molar-refractivity contribution < 1.29 is 38.3 Å². The zero-order valence-corrected chi connectivity index (χ0v) is 21.2. The Balaban J connectivity index is 2.54. The molecule has 1 atom stereocenters. The number of esters is 1. The number of nitrogens with zero attached hydrogens (tertiary/aromatic N) is 4. The van der Waals surface area contributed by atoms with E-state index in [4.69, 9.17) is 15.1 Å². The van der Waals surface area contributed by atoms with Crippen molar-refractivity contribution in [2.75, 3.05) is 19.7 Å². The molecule has 0 aromatic rings. The second-order valence-electron chi connectivity index (χ2n) is 8.52. The van der Waals surface area contributed by atoms with E-state index >= 15 is 0 Å². The van der Waals surface area contributed by atoms with Gasteiger partial charge in [0.2, 0.25) is 11.8 Å². The average Bonchev–Trinajstić information content (AvgIpc) is 3.18. The molecule has 1 aliphatic heterocycles.